The lowest BCUT2D eigenvalue weighted by Crippen LogP contribution is -2.57. The maximum atomic E-state index is 10.7. The SMILES string of the molecule is CC(=CCCC(C)C)C1CCC2C3C=CC4C(C)(C)C(O)CCC4(C)C3CCC12C. The maximum absolute atomic E-state index is 10.7. The summed E-state index contributed by atoms with van der Waals surface area (Å²) >= 11 is 0. The van der Waals surface area contributed by atoms with Crippen molar-refractivity contribution in [3.8, 4) is 0 Å². The molecule has 0 aromatic carbocycles. The highest BCUT2D eigenvalue weighted by molar-refractivity contribution is 5.23. The van der Waals surface area contributed by atoms with E-state index in [1.165, 1.54) is 44.9 Å². The molecule has 0 amide bonds. The fourth-order valence-corrected chi connectivity index (χ4v) is 8.92. The Bertz CT molecular complexity index is 699. The Morgan fingerprint density at radius 1 is 0.967 bits per heavy atom. The van der Waals surface area contributed by atoms with Crippen LogP contribution in [0.15, 0.2) is 23.8 Å². The minimum atomic E-state index is -0.153. The average Bonchev–Trinajstić information content (AvgIpc) is 3.02. The zero-order valence-electron chi connectivity index (χ0n) is 20.9. The molecule has 30 heavy (non-hydrogen) atoms. The highest BCUT2D eigenvalue weighted by Crippen LogP contribution is 2.68. The number of aliphatic hydroxyl groups excluding tert-OH is 1. The summed E-state index contributed by atoms with van der Waals surface area (Å²) in [5.74, 6) is 4.52. The normalized spacial score (nSPS) is 47.7. The van der Waals surface area contributed by atoms with Crippen LogP contribution in [0.1, 0.15) is 99.8 Å². The van der Waals surface area contributed by atoms with Gasteiger partial charge in [-0.25, -0.2) is 0 Å². The molecule has 3 saturated carbocycles. The average molecular weight is 413 g/mol. The van der Waals surface area contributed by atoms with Crippen LogP contribution >= 0.6 is 0 Å². The molecule has 0 heterocycles. The second-order valence-corrected chi connectivity index (χ2v) is 13.1. The van der Waals surface area contributed by atoms with E-state index in [0.29, 0.717) is 16.7 Å². The molecule has 0 radical (unpaired) electrons. The fraction of sp³-hybridized carbons (Fsp3) is 0.862. The topological polar surface area (TPSA) is 20.2 Å². The van der Waals surface area contributed by atoms with E-state index in [4.69, 9.17) is 0 Å². The van der Waals surface area contributed by atoms with Crippen molar-refractivity contribution in [3.63, 3.8) is 0 Å². The van der Waals surface area contributed by atoms with Crippen LogP contribution in [0.3, 0.4) is 0 Å². The lowest BCUT2D eigenvalue weighted by molar-refractivity contribution is -0.132. The maximum Gasteiger partial charge on any atom is 0.0597 e. The van der Waals surface area contributed by atoms with E-state index >= 15 is 0 Å². The third-order valence-corrected chi connectivity index (χ3v) is 10.8. The van der Waals surface area contributed by atoms with Gasteiger partial charge in [-0.15, -0.1) is 0 Å². The Morgan fingerprint density at radius 2 is 1.63 bits per heavy atom. The van der Waals surface area contributed by atoms with Gasteiger partial charge in [0.05, 0.1) is 6.10 Å². The van der Waals surface area contributed by atoms with Crippen molar-refractivity contribution in [3.05, 3.63) is 23.8 Å². The van der Waals surface area contributed by atoms with Crippen molar-refractivity contribution in [2.45, 2.75) is 106 Å². The molecular formula is C29H48O. The monoisotopic (exact) mass is 412 g/mol. The van der Waals surface area contributed by atoms with Gasteiger partial charge in [0.2, 0.25) is 0 Å². The summed E-state index contributed by atoms with van der Waals surface area (Å²) < 4.78 is 0. The predicted molar refractivity (Wildman–Crippen MR) is 128 cm³/mol. The van der Waals surface area contributed by atoms with Gasteiger partial charge in [-0.2, -0.15) is 0 Å². The second kappa shape index (κ2) is 7.79. The van der Waals surface area contributed by atoms with Gasteiger partial charge >= 0.3 is 0 Å². The summed E-state index contributed by atoms with van der Waals surface area (Å²) in [6.45, 7) is 17.0. The third-order valence-electron chi connectivity index (χ3n) is 10.8. The first-order chi connectivity index (χ1) is 14.0. The van der Waals surface area contributed by atoms with Crippen LogP contribution in [0.25, 0.3) is 0 Å². The van der Waals surface area contributed by atoms with Crippen LogP contribution in [0.4, 0.5) is 0 Å². The number of allylic oxidation sites excluding steroid dienone is 4. The first-order valence-electron chi connectivity index (χ1n) is 13.0. The number of hydrogen-bond acceptors (Lipinski definition) is 1. The summed E-state index contributed by atoms with van der Waals surface area (Å²) in [7, 11) is 0. The molecule has 4 aliphatic carbocycles. The van der Waals surface area contributed by atoms with Crippen molar-refractivity contribution in [1.82, 2.24) is 0 Å². The van der Waals surface area contributed by atoms with E-state index in [2.05, 4.69) is 66.7 Å². The quantitative estimate of drug-likeness (QED) is 0.467. The summed E-state index contributed by atoms with van der Waals surface area (Å²) in [4.78, 5) is 0. The van der Waals surface area contributed by atoms with E-state index in [9.17, 15) is 5.11 Å². The summed E-state index contributed by atoms with van der Waals surface area (Å²) in [5.41, 5.74) is 2.54. The van der Waals surface area contributed by atoms with Crippen molar-refractivity contribution >= 4 is 0 Å². The lowest BCUT2D eigenvalue weighted by atomic mass is 9.43. The molecule has 0 spiro atoms. The molecule has 1 heteroatoms. The molecule has 0 aromatic rings. The van der Waals surface area contributed by atoms with Crippen molar-refractivity contribution in [1.29, 1.82) is 0 Å². The highest BCUT2D eigenvalue weighted by Gasteiger charge is 2.61. The van der Waals surface area contributed by atoms with Crippen LogP contribution in [-0.2, 0) is 0 Å². The van der Waals surface area contributed by atoms with Gasteiger partial charge in [0.15, 0.2) is 0 Å². The van der Waals surface area contributed by atoms with Crippen molar-refractivity contribution in [2.75, 3.05) is 0 Å². The van der Waals surface area contributed by atoms with E-state index < -0.39 is 0 Å². The van der Waals surface area contributed by atoms with Crippen LogP contribution in [0.2, 0.25) is 0 Å². The first-order valence-corrected chi connectivity index (χ1v) is 13.0. The molecule has 1 N–H and O–H groups in total. The zero-order chi connectivity index (χ0) is 21.9. The molecular weight excluding hydrogens is 364 g/mol. The van der Waals surface area contributed by atoms with Crippen LogP contribution < -0.4 is 0 Å². The molecule has 170 valence electrons. The Labute approximate surface area is 186 Å². The number of hydrogen-bond donors (Lipinski definition) is 1. The van der Waals surface area contributed by atoms with Crippen LogP contribution in [0.5, 0.6) is 0 Å². The molecule has 8 unspecified atom stereocenters. The molecule has 4 aliphatic rings. The Morgan fingerprint density at radius 3 is 2.33 bits per heavy atom. The van der Waals surface area contributed by atoms with Gasteiger partial charge in [0.25, 0.3) is 0 Å². The highest BCUT2D eigenvalue weighted by atomic mass is 16.3. The molecule has 1 nitrogen and oxygen atoms in total. The van der Waals surface area contributed by atoms with Crippen molar-refractivity contribution in [2.24, 2.45) is 51.8 Å². The largest absolute Gasteiger partial charge is 0.393 e. The van der Waals surface area contributed by atoms with Crippen LogP contribution in [-0.4, -0.2) is 11.2 Å². The molecule has 8 atom stereocenters. The van der Waals surface area contributed by atoms with Gasteiger partial charge in [0, 0.05) is 0 Å². The van der Waals surface area contributed by atoms with E-state index in [0.717, 1.165) is 36.0 Å². The summed E-state index contributed by atoms with van der Waals surface area (Å²) in [6, 6.07) is 0. The number of aliphatic hydroxyl groups is 1. The van der Waals surface area contributed by atoms with Crippen molar-refractivity contribution < 1.29 is 5.11 Å². The Kier molecular flexibility index (Phi) is 5.87. The fourth-order valence-electron chi connectivity index (χ4n) is 8.92. The number of rotatable bonds is 4. The summed E-state index contributed by atoms with van der Waals surface area (Å²) in [6.07, 6.45) is 18.0. The minimum absolute atomic E-state index is 0.00315. The molecule has 0 bridgehead atoms. The standard InChI is InChI=1S/C29H48O/c1-19(2)9-8-10-20(3)22-12-13-23-21-11-14-25-27(4,5)26(30)16-18-29(25,7)24(21)15-17-28(22,23)6/h10-11,14,19,21-26,30H,8-9,12-13,15-18H2,1-7H3. The van der Waals surface area contributed by atoms with E-state index in [1.807, 2.05) is 0 Å². The Hall–Kier alpha value is -0.560. The van der Waals surface area contributed by atoms with Gasteiger partial charge in [0.1, 0.15) is 0 Å². The lowest BCUT2D eigenvalue weighted by Gasteiger charge is -2.62. The van der Waals surface area contributed by atoms with E-state index in [-0.39, 0.29) is 11.5 Å². The van der Waals surface area contributed by atoms with Gasteiger partial charge in [-0.3, -0.25) is 0 Å². The smallest absolute Gasteiger partial charge is 0.0597 e. The Balaban J connectivity index is 1.58. The van der Waals surface area contributed by atoms with Gasteiger partial charge < -0.3 is 5.11 Å². The third kappa shape index (κ3) is 3.37. The van der Waals surface area contributed by atoms with Gasteiger partial charge in [-0.05, 0) is 110 Å². The number of fused-ring (bicyclic) bond motifs is 5. The van der Waals surface area contributed by atoms with Crippen LogP contribution in [0, 0.1) is 51.8 Å². The molecule has 4 rings (SSSR count). The second-order valence-electron chi connectivity index (χ2n) is 13.1. The molecule has 3 fully saturated rings. The molecule has 0 saturated heterocycles. The van der Waals surface area contributed by atoms with E-state index in [1.54, 1.807) is 5.57 Å². The molecule has 0 aliphatic heterocycles. The summed E-state index contributed by atoms with van der Waals surface area (Å²) in [5, 5.41) is 10.7. The zero-order valence-corrected chi connectivity index (χ0v) is 20.9. The van der Waals surface area contributed by atoms with Gasteiger partial charge in [-0.1, -0.05) is 65.3 Å². The molecule has 0 aromatic heterocycles. The first kappa shape index (κ1) is 22.6. The predicted octanol–water partition coefficient (Wildman–Crippen LogP) is 7.80. The minimum Gasteiger partial charge on any atom is -0.393 e.